The molecular formula is C12H12Br2O3. The lowest BCUT2D eigenvalue weighted by atomic mass is 9.89. The van der Waals surface area contributed by atoms with Gasteiger partial charge in [-0.15, -0.1) is 0 Å². The fourth-order valence-electron chi connectivity index (χ4n) is 2.97. The lowest BCUT2D eigenvalue weighted by molar-refractivity contribution is 0.0832. The van der Waals surface area contributed by atoms with Gasteiger partial charge in [-0.1, -0.05) is 15.9 Å². The Kier molecular flexibility index (Phi) is 2.97. The van der Waals surface area contributed by atoms with Gasteiger partial charge in [0.2, 0.25) is 0 Å². The van der Waals surface area contributed by atoms with E-state index in [9.17, 15) is 10.2 Å². The Hall–Kier alpha value is -0.100. The normalized spacial score (nSPS) is 34.4. The number of hydrogen-bond acceptors (Lipinski definition) is 3. The molecule has 17 heavy (non-hydrogen) atoms. The molecule has 92 valence electrons. The van der Waals surface area contributed by atoms with Crippen molar-refractivity contribution in [1.82, 2.24) is 0 Å². The van der Waals surface area contributed by atoms with Crippen molar-refractivity contribution in [2.45, 2.75) is 24.5 Å². The summed E-state index contributed by atoms with van der Waals surface area (Å²) in [4.78, 5) is 0. The van der Waals surface area contributed by atoms with Crippen molar-refractivity contribution in [3.63, 3.8) is 0 Å². The van der Waals surface area contributed by atoms with Crippen LogP contribution in [0, 0.1) is 5.92 Å². The van der Waals surface area contributed by atoms with E-state index in [1.165, 1.54) is 0 Å². The van der Waals surface area contributed by atoms with E-state index in [1.807, 2.05) is 12.1 Å². The van der Waals surface area contributed by atoms with E-state index in [2.05, 4.69) is 31.9 Å². The number of aliphatic hydroxyl groups is 2. The number of fused-ring (bicyclic) bond motifs is 3. The first kappa shape index (κ1) is 12.0. The van der Waals surface area contributed by atoms with Crippen LogP contribution in [0.3, 0.4) is 0 Å². The fraction of sp³-hybridized carbons (Fsp3) is 0.500. The summed E-state index contributed by atoms with van der Waals surface area (Å²) in [5.74, 6) is 0.829. The number of hydrogen-bond donors (Lipinski definition) is 2. The van der Waals surface area contributed by atoms with Gasteiger partial charge in [-0.05, 0) is 28.1 Å². The van der Waals surface area contributed by atoms with E-state index in [1.54, 1.807) is 0 Å². The van der Waals surface area contributed by atoms with Gasteiger partial charge in [0.05, 0.1) is 10.6 Å². The van der Waals surface area contributed by atoms with E-state index in [0.717, 1.165) is 20.3 Å². The maximum Gasteiger partial charge on any atom is 0.137 e. The second-order valence-corrected chi connectivity index (χ2v) is 6.41. The highest BCUT2D eigenvalue weighted by molar-refractivity contribution is 9.11. The summed E-state index contributed by atoms with van der Waals surface area (Å²) >= 11 is 6.94. The molecule has 5 heteroatoms. The number of benzene rings is 1. The number of aliphatic hydroxyl groups excluding tert-OH is 2. The van der Waals surface area contributed by atoms with Crippen LogP contribution in [0.25, 0.3) is 0 Å². The Morgan fingerprint density at radius 1 is 1.35 bits per heavy atom. The van der Waals surface area contributed by atoms with Crippen molar-refractivity contribution in [3.05, 3.63) is 26.6 Å². The fourth-order valence-corrected chi connectivity index (χ4v) is 4.32. The summed E-state index contributed by atoms with van der Waals surface area (Å²) in [6, 6.07) is 3.97. The van der Waals surface area contributed by atoms with Crippen LogP contribution in [0.4, 0.5) is 0 Å². The summed E-state index contributed by atoms with van der Waals surface area (Å²) in [5.41, 5.74) is 1.08. The van der Waals surface area contributed by atoms with E-state index in [4.69, 9.17) is 4.74 Å². The molecule has 4 atom stereocenters. The van der Waals surface area contributed by atoms with Gasteiger partial charge in [-0.2, -0.15) is 0 Å². The lowest BCUT2D eigenvalue weighted by Gasteiger charge is -2.17. The van der Waals surface area contributed by atoms with Crippen LogP contribution < -0.4 is 4.74 Å². The van der Waals surface area contributed by atoms with Gasteiger partial charge in [0, 0.05) is 34.9 Å². The zero-order chi connectivity index (χ0) is 12.2. The highest BCUT2D eigenvalue weighted by Crippen LogP contribution is 2.53. The molecule has 0 bridgehead atoms. The van der Waals surface area contributed by atoms with E-state index in [-0.39, 0.29) is 24.5 Å². The standard InChI is InChI=1S/C12H12Br2O3/c13-5-1-6-11-7(4-15)9(16)3-10(11)17-12(6)8(14)2-5/h1-2,7,9-11,15-16H,3-4H2. The number of rotatable bonds is 1. The Balaban J connectivity index is 2.08. The van der Waals surface area contributed by atoms with Gasteiger partial charge in [0.1, 0.15) is 11.9 Å². The minimum absolute atomic E-state index is 0.00470. The molecule has 4 unspecified atom stereocenters. The van der Waals surface area contributed by atoms with E-state index < -0.39 is 6.10 Å². The van der Waals surface area contributed by atoms with Gasteiger partial charge in [-0.3, -0.25) is 0 Å². The van der Waals surface area contributed by atoms with Crippen molar-refractivity contribution in [2.75, 3.05) is 6.61 Å². The zero-order valence-corrected chi connectivity index (χ0v) is 12.1. The molecule has 2 N–H and O–H groups in total. The van der Waals surface area contributed by atoms with Gasteiger partial charge < -0.3 is 14.9 Å². The van der Waals surface area contributed by atoms with Gasteiger partial charge in [0.15, 0.2) is 0 Å². The van der Waals surface area contributed by atoms with Crippen LogP contribution in [0.1, 0.15) is 17.9 Å². The Morgan fingerprint density at radius 2 is 2.12 bits per heavy atom. The molecule has 1 fully saturated rings. The summed E-state index contributed by atoms with van der Waals surface area (Å²) in [6.45, 7) is -0.00470. The quantitative estimate of drug-likeness (QED) is 0.805. The summed E-state index contributed by atoms with van der Waals surface area (Å²) in [7, 11) is 0. The summed E-state index contributed by atoms with van der Waals surface area (Å²) in [5, 5.41) is 19.3. The van der Waals surface area contributed by atoms with Crippen LogP contribution in [0.2, 0.25) is 0 Å². The van der Waals surface area contributed by atoms with Gasteiger partial charge in [0.25, 0.3) is 0 Å². The smallest absolute Gasteiger partial charge is 0.137 e. The molecule has 0 aromatic heterocycles. The summed E-state index contributed by atoms with van der Waals surface area (Å²) < 4.78 is 7.78. The van der Waals surface area contributed by atoms with Crippen LogP contribution in [-0.2, 0) is 0 Å². The molecule has 0 amide bonds. The third-order valence-corrected chi connectivity index (χ3v) is 4.75. The van der Waals surface area contributed by atoms with E-state index >= 15 is 0 Å². The van der Waals surface area contributed by atoms with Crippen molar-refractivity contribution >= 4 is 31.9 Å². The SMILES string of the molecule is OCC1C(O)CC2Oc3c(Br)cc(Br)cc3C21. The molecule has 0 radical (unpaired) electrons. The van der Waals surface area contributed by atoms with Crippen LogP contribution in [0.15, 0.2) is 21.1 Å². The van der Waals surface area contributed by atoms with Crippen LogP contribution >= 0.6 is 31.9 Å². The predicted octanol–water partition coefficient (Wildman–Crippen LogP) is 2.43. The molecule has 1 saturated carbocycles. The van der Waals surface area contributed by atoms with Crippen molar-refractivity contribution in [2.24, 2.45) is 5.92 Å². The minimum Gasteiger partial charge on any atom is -0.488 e. The lowest BCUT2D eigenvalue weighted by Crippen LogP contribution is -2.22. The molecule has 0 spiro atoms. The molecule has 1 aliphatic heterocycles. The highest BCUT2D eigenvalue weighted by Gasteiger charge is 2.49. The van der Waals surface area contributed by atoms with Crippen molar-refractivity contribution in [3.8, 4) is 5.75 Å². The number of ether oxygens (including phenoxy) is 1. The third kappa shape index (κ3) is 1.75. The second kappa shape index (κ2) is 4.23. The van der Waals surface area contributed by atoms with Gasteiger partial charge >= 0.3 is 0 Å². The van der Waals surface area contributed by atoms with Gasteiger partial charge in [-0.25, -0.2) is 0 Å². The Morgan fingerprint density at radius 3 is 2.82 bits per heavy atom. The Labute approximate surface area is 116 Å². The predicted molar refractivity (Wildman–Crippen MR) is 70.2 cm³/mol. The molecule has 1 aliphatic carbocycles. The third-order valence-electron chi connectivity index (χ3n) is 3.71. The monoisotopic (exact) mass is 362 g/mol. The first-order valence-electron chi connectivity index (χ1n) is 5.56. The first-order chi connectivity index (χ1) is 8.11. The maximum atomic E-state index is 9.90. The zero-order valence-electron chi connectivity index (χ0n) is 8.94. The molecule has 3 nitrogen and oxygen atoms in total. The van der Waals surface area contributed by atoms with Crippen LogP contribution in [0.5, 0.6) is 5.75 Å². The van der Waals surface area contributed by atoms with E-state index in [0.29, 0.717) is 6.42 Å². The minimum atomic E-state index is -0.471. The average molecular weight is 364 g/mol. The number of halogens is 2. The molecule has 1 heterocycles. The highest BCUT2D eigenvalue weighted by atomic mass is 79.9. The first-order valence-corrected chi connectivity index (χ1v) is 7.15. The molecule has 1 aromatic rings. The molecular weight excluding hydrogens is 352 g/mol. The average Bonchev–Trinajstić information content (AvgIpc) is 2.74. The summed E-state index contributed by atoms with van der Waals surface area (Å²) in [6.07, 6.45) is 0.109. The van der Waals surface area contributed by atoms with Crippen LogP contribution in [-0.4, -0.2) is 29.0 Å². The largest absolute Gasteiger partial charge is 0.488 e. The molecule has 3 rings (SSSR count). The molecule has 1 aromatic carbocycles. The second-order valence-electron chi connectivity index (χ2n) is 4.64. The maximum absolute atomic E-state index is 9.90. The van der Waals surface area contributed by atoms with Crippen molar-refractivity contribution < 1.29 is 14.9 Å². The Bertz CT molecular complexity index is 463. The topological polar surface area (TPSA) is 49.7 Å². The molecule has 0 saturated heterocycles. The molecule has 2 aliphatic rings. The van der Waals surface area contributed by atoms with Crippen molar-refractivity contribution in [1.29, 1.82) is 0 Å².